The Hall–Kier alpha value is -0.800. The first-order chi connectivity index (χ1) is 5.83. The number of aromatic amines is 1. The number of ether oxygens (including phenoxy) is 1. The van der Waals surface area contributed by atoms with Gasteiger partial charge in [0.25, 0.3) is 0 Å². The zero-order chi connectivity index (χ0) is 8.55. The summed E-state index contributed by atoms with van der Waals surface area (Å²) >= 11 is 0. The average molecular weight is 166 g/mol. The highest BCUT2D eigenvalue weighted by Gasteiger charge is 2.19. The van der Waals surface area contributed by atoms with E-state index < -0.39 is 0 Å². The molecule has 2 rings (SSSR count). The van der Waals surface area contributed by atoms with Crippen LogP contribution in [0.2, 0.25) is 0 Å². The molecule has 0 aromatic carbocycles. The first-order valence-corrected chi connectivity index (χ1v) is 4.30. The minimum Gasteiger partial charge on any atom is -0.370 e. The molecule has 1 aliphatic heterocycles. The SMILES string of the molecule is Cc1[nH]c2c(c1CCN)COC2. The van der Waals surface area contributed by atoms with E-state index in [0.717, 1.165) is 19.6 Å². The molecule has 1 aliphatic rings. The van der Waals surface area contributed by atoms with Crippen LogP contribution >= 0.6 is 0 Å². The van der Waals surface area contributed by atoms with Crippen LogP contribution < -0.4 is 5.73 Å². The predicted octanol–water partition coefficient (Wildman–Crippen LogP) is 0.855. The zero-order valence-corrected chi connectivity index (χ0v) is 7.31. The fraction of sp³-hybridized carbons (Fsp3) is 0.556. The maximum Gasteiger partial charge on any atom is 0.0874 e. The molecule has 2 heterocycles. The van der Waals surface area contributed by atoms with Gasteiger partial charge in [0.05, 0.1) is 13.2 Å². The minimum atomic E-state index is 0.713. The second-order valence-corrected chi connectivity index (χ2v) is 3.22. The Morgan fingerprint density at radius 1 is 1.50 bits per heavy atom. The molecule has 1 aromatic heterocycles. The summed E-state index contributed by atoms with van der Waals surface area (Å²) in [4.78, 5) is 3.33. The monoisotopic (exact) mass is 166 g/mol. The summed E-state index contributed by atoms with van der Waals surface area (Å²) in [7, 11) is 0. The van der Waals surface area contributed by atoms with Gasteiger partial charge in [-0.15, -0.1) is 0 Å². The van der Waals surface area contributed by atoms with Gasteiger partial charge in [-0.1, -0.05) is 0 Å². The number of hydrogen-bond donors (Lipinski definition) is 2. The maximum atomic E-state index is 5.53. The Morgan fingerprint density at radius 3 is 3.08 bits per heavy atom. The van der Waals surface area contributed by atoms with Crippen LogP contribution in [-0.4, -0.2) is 11.5 Å². The highest BCUT2D eigenvalue weighted by Crippen LogP contribution is 2.25. The summed E-state index contributed by atoms with van der Waals surface area (Å²) < 4.78 is 5.32. The molecule has 0 aliphatic carbocycles. The summed E-state index contributed by atoms with van der Waals surface area (Å²) in [6.07, 6.45) is 0.959. The third kappa shape index (κ3) is 1.06. The average Bonchev–Trinajstić information content (AvgIpc) is 2.56. The largest absolute Gasteiger partial charge is 0.370 e. The normalized spacial score (nSPS) is 15.2. The lowest BCUT2D eigenvalue weighted by molar-refractivity contribution is 0.132. The van der Waals surface area contributed by atoms with E-state index in [1.54, 1.807) is 0 Å². The van der Waals surface area contributed by atoms with E-state index in [1.807, 2.05) is 0 Å². The lowest BCUT2D eigenvalue weighted by Gasteiger charge is -1.99. The van der Waals surface area contributed by atoms with E-state index in [-0.39, 0.29) is 0 Å². The lowest BCUT2D eigenvalue weighted by atomic mass is 10.1. The molecule has 12 heavy (non-hydrogen) atoms. The van der Waals surface area contributed by atoms with E-state index in [0.29, 0.717) is 6.54 Å². The molecule has 1 aromatic rings. The highest BCUT2D eigenvalue weighted by molar-refractivity contribution is 5.37. The quantitative estimate of drug-likeness (QED) is 0.684. The van der Waals surface area contributed by atoms with Gasteiger partial charge >= 0.3 is 0 Å². The van der Waals surface area contributed by atoms with Gasteiger partial charge in [-0.05, 0) is 25.5 Å². The van der Waals surface area contributed by atoms with Gasteiger partial charge in [0.1, 0.15) is 0 Å². The molecule has 0 atom stereocenters. The first kappa shape index (κ1) is 7.83. The fourth-order valence-corrected chi connectivity index (χ4v) is 1.82. The Kier molecular flexibility index (Phi) is 1.90. The number of rotatable bonds is 2. The van der Waals surface area contributed by atoms with E-state index in [1.165, 1.54) is 22.5 Å². The van der Waals surface area contributed by atoms with Crippen molar-refractivity contribution in [3.05, 3.63) is 22.5 Å². The second kappa shape index (κ2) is 2.92. The van der Waals surface area contributed by atoms with Crippen LogP contribution in [0.15, 0.2) is 0 Å². The molecule has 0 bridgehead atoms. The number of nitrogens with one attached hydrogen (secondary N) is 1. The van der Waals surface area contributed by atoms with Crippen LogP contribution in [0, 0.1) is 6.92 Å². The number of aromatic nitrogens is 1. The van der Waals surface area contributed by atoms with E-state index in [4.69, 9.17) is 10.5 Å². The van der Waals surface area contributed by atoms with Gasteiger partial charge in [0.2, 0.25) is 0 Å². The summed E-state index contributed by atoms with van der Waals surface area (Å²) in [6.45, 7) is 4.31. The van der Waals surface area contributed by atoms with Gasteiger partial charge in [-0.3, -0.25) is 0 Å². The molecule has 3 N–H and O–H groups in total. The zero-order valence-electron chi connectivity index (χ0n) is 7.31. The molecule has 0 radical (unpaired) electrons. The Labute approximate surface area is 71.9 Å². The molecule has 3 nitrogen and oxygen atoms in total. The summed E-state index contributed by atoms with van der Waals surface area (Å²) in [5.41, 5.74) is 10.7. The molecule has 0 fully saturated rings. The standard InChI is InChI=1S/C9H14N2O/c1-6-7(2-3-10)8-4-12-5-9(8)11-6/h11H,2-5,10H2,1H3. The molecule has 66 valence electrons. The van der Waals surface area contributed by atoms with Crippen molar-refractivity contribution in [1.29, 1.82) is 0 Å². The number of hydrogen-bond acceptors (Lipinski definition) is 2. The van der Waals surface area contributed by atoms with Gasteiger partial charge in [0.15, 0.2) is 0 Å². The Bertz CT molecular complexity index is 291. The number of nitrogens with two attached hydrogens (primary N) is 1. The molecule has 0 unspecified atom stereocenters. The number of H-pyrrole nitrogens is 1. The van der Waals surface area contributed by atoms with Gasteiger partial charge < -0.3 is 15.5 Å². The molecule has 0 saturated carbocycles. The van der Waals surface area contributed by atoms with Crippen molar-refractivity contribution in [2.45, 2.75) is 26.6 Å². The topological polar surface area (TPSA) is 51.0 Å². The summed E-state index contributed by atoms with van der Waals surface area (Å²) in [5.74, 6) is 0. The summed E-state index contributed by atoms with van der Waals surface area (Å²) in [5, 5.41) is 0. The second-order valence-electron chi connectivity index (χ2n) is 3.22. The van der Waals surface area contributed by atoms with Crippen molar-refractivity contribution in [1.82, 2.24) is 4.98 Å². The van der Waals surface area contributed by atoms with Crippen LogP contribution in [0.5, 0.6) is 0 Å². The third-order valence-corrected chi connectivity index (χ3v) is 2.41. The number of fused-ring (bicyclic) bond motifs is 1. The van der Waals surface area contributed by atoms with Crippen LogP contribution in [0.25, 0.3) is 0 Å². The molecular formula is C9H14N2O. The van der Waals surface area contributed by atoms with E-state index in [9.17, 15) is 0 Å². The molecule has 3 heteroatoms. The van der Waals surface area contributed by atoms with Gasteiger partial charge in [0, 0.05) is 17.0 Å². The smallest absolute Gasteiger partial charge is 0.0874 e. The van der Waals surface area contributed by atoms with Crippen LogP contribution in [-0.2, 0) is 24.4 Å². The minimum absolute atomic E-state index is 0.713. The van der Waals surface area contributed by atoms with Crippen molar-refractivity contribution in [2.24, 2.45) is 5.73 Å². The Morgan fingerprint density at radius 2 is 2.33 bits per heavy atom. The molecular weight excluding hydrogens is 152 g/mol. The summed E-state index contributed by atoms with van der Waals surface area (Å²) in [6, 6.07) is 0. The van der Waals surface area contributed by atoms with E-state index >= 15 is 0 Å². The third-order valence-electron chi connectivity index (χ3n) is 2.41. The maximum absolute atomic E-state index is 5.53. The number of aryl methyl sites for hydroxylation is 1. The highest BCUT2D eigenvalue weighted by atomic mass is 16.5. The van der Waals surface area contributed by atoms with Crippen LogP contribution in [0.1, 0.15) is 22.5 Å². The van der Waals surface area contributed by atoms with Crippen molar-refractivity contribution >= 4 is 0 Å². The molecule has 0 saturated heterocycles. The van der Waals surface area contributed by atoms with Crippen LogP contribution in [0.3, 0.4) is 0 Å². The van der Waals surface area contributed by atoms with Crippen molar-refractivity contribution < 1.29 is 4.74 Å². The van der Waals surface area contributed by atoms with Crippen molar-refractivity contribution in [2.75, 3.05) is 6.54 Å². The van der Waals surface area contributed by atoms with Gasteiger partial charge in [-0.25, -0.2) is 0 Å². The first-order valence-electron chi connectivity index (χ1n) is 4.30. The molecule has 0 spiro atoms. The van der Waals surface area contributed by atoms with Crippen molar-refractivity contribution in [3.63, 3.8) is 0 Å². The van der Waals surface area contributed by atoms with E-state index in [2.05, 4.69) is 11.9 Å². The van der Waals surface area contributed by atoms with Crippen molar-refractivity contribution in [3.8, 4) is 0 Å². The van der Waals surface area contributed by atoms with Gasteiger partial charge in [-0.2, -0.15) is 0 Å². The molecule has 0 amide bonds. The Balaban J connectivity index is 2.38. The lowest BCUT2D eigenvalue weighted by Crippen LogP contribution is -2.04. The van der Waals surface area contributed by atoms with Crippen LogP contribution in [0.4, 0.5) is 0 Å². The fourth-order valence-electron chi connectivity index (χ4n) is 1.82. The predicted molar refractivity (Wildman–Crippen MR) is 46.8 cm³/mol.